The Bertz CT molecular complexity index is 3030. The SMILES string of the molecule is CC(=O)N1CCc2c(c(-c3cccc4cc(-c5ccc(C(=O)NCC6CCN(c7ncc(C(=O)NC8C(C)(C)C(Oc9ccc(C#N)c(Cl)c9)C8(C)C)cn7)CC6)nc5)ncc34)nn2C2CCOCC2)C1. The van der Waals surface area contributed by atoms with Crippen molar-refractivity contribution < 1.29 is 23.9 Å². The van der Waals surface area contributed by atoms with E-state index in [0.717, 1.165) is 97.3 Å². The van der Waals surface area contributed by atoms with Crippen LogP contribution in [0.3, 0.4) is 0 Å². The number of carbonyl (C=O) groups excluding carboxylic acids is 3. The molecule has 16 nitrogen and oxygen atoms in total. The first-order chi connectivity index (χ1) is 34.2. The highest BCUT2D eigenvalue weighted by Crippen LogP contribution is 2.55. The van der Waals surface area contributed by atoms with Crippen LogP contribution < -0.4 is 20.3 Å². The number of nitrogens with zero attached hydrogens (tertiary/aromatic N) is 9. The van der Waals surface area contributed by atoms with Gasteiger partial charge in [-0.25, -0.2) is 9.97 Å². The predicted octanol–water partition coefficient (Wildman–Crippen LogP) is 7.99. The lowest BCUT2D eigenvalue weighted by atomic mass is 9.49. The highest BCUT2D eigenvalue weighted by Gasteiger charge is 2.64. The van der Waals surface area contributed by atoms with Crippen molar-refractivity contribution in [2.24, 2.45) is 16.7 Å². The van der Waals surface area contributed by atoms with Crippen LogP contribution in [-0.2, 0) is 22.5 Å². The summed E-state index contributed by atoms with van der Waals surface area (Å²) in [7, 11) is 0. The molecular formula is C54H58ClN11O5. The molecule has 0 atom stereocenters. The van der Waals surface area contributed by atoms with Gasteiger partial charge in [-0.1, -0.05) is 57.5 Å². The molecule has 0 unspecified atom stereocenters. The summed E-state index contributed by atoms with van der Waals surface area (Å²) in [5, 5.41) is 23.1. The lowest BCUT2D eigenvalue weighted by Crippen LogP contribution is -2.74. The van der Waals surface area contributed by atoms with Crippen LogP contribution >= 0.6 is 11.6 Å². The van der Waals surface area contributed by atoms with Crippen LogP contribution in [-0.4, -0.2) is 104 Å². The Hall–Kier alpha value is -6.96. The third-order valence-electron chi connectivity index (χ3n) is 15.2. The van der Waals surface area contributed by atoms with E-state index in [4.69, 9.17) is 31.2 Å². The Labute approximate surface area is 418 Å². The van der Waals surface area contributed by atoms with Crippen molar-refractivity contribution in [3.05, 3.63) is 112 Å². The number of pyridine rings is 2. The molecule has 71 heavy (non-hydrogen) atoms. The molecule has 4 aromatic heterocycles. The summed E-state index contributed by atoms with van der Waals surface area (Å²) in [6.45, 7) is 14.5. The molecule has 2 aromatic carbocycles. The quantitative estimate of drug-likeness (QED) is 0.127. The number of carbonyl (C=O) groups is 3. The average Bonchev–Trinajstić information content (AvgIpc) is 3.77. The fourth-order valence-corrected chi connectivity index (χ4v) is 11.7. The van der Waals surface area contributed by atoms with E-state index in [0.29, 0.717) is 53.2 Å². The third-order valence-corrected chi connectivity index (χ3v) is 15.5. The maximum absolute atomic E-state index is 13.5. The Kier molecular flexibility index (Phi) is 13.0. The number of piperidine rings is 1. The molecule has 3 fully saturated rings. The number of rotatable bonds is 11. The molecule has 0 bridgehead atoms. The van der Waals surface area contributed by atoms with Crippen LogP contribution in [0.25, 0.3) is 33.3 Å². The van der Waals surface area contributed by atoms with E-state index in [2.05, 4.69) is 81.1 Å². The molecule has 2 saturated heterocycles. The van der Waals surface area contributed by atoms with Crippen LogP contribution in [0.1, 0.15) is 104 Å². The highest BCUT2D eigenvalue weighted by molar-refractivity contribution is 6.31. The second-order valence-electron chi connectivity index (χ2n) is 20.5. The van der Waals surface area contributed by atoms with Crippen molar-refractivity contribution in [1.82, 2.24) is 45.2 Å². The van der Waals surface area contributed by atoms with Gasteiger partial charge in [-0.3, -0.25) is 29.0 Å². The summed E-state index contributed by atoms with van der Waals surface area (Å²) in [6, 6.07) is 19.0. The van der Waals surface area contributed by atoms with Crippen molar-refractivity contribution in [1.29, 1.82) is 5.26 Å². The van der Waals surface area contributed by atoms with Crippen LogP contribution in [0.2, 0.25) is 5.02 Å². The third kappa shape index (κ3) is 9.29. The predicted molar refractivity (Wildman–Crippen MR) is 269 cm³/mol. The number of nitrogens with one attached hydrogen (secondary N) is 2. The van der Waals surface area contributed by atoms with Crippen LogP contribution in [0.4, 0.5) is 5.95 Å². The van der Waals surface area contributed by atoms with E-state index < -0.39 is 10.8 Å². The molecule has 10 rings (SSSR count). The molecule has 4 aliphatic rings. The molecule has 3 aliphatic heterocycles. The fraction of sp³-hybridized carbons (Fsp3) is 0.426. The molecule has 17 heteroatoms. The Morgan fingerprint density at radius 2 is 1.65 bits per heavy atom. The lowest BCUT2D eigenvalue weighted by Gasteiger charge is -2.63. The summed E-state index contributed by atoms with van der Waals surface area (Å²) in [5.74, 6) is 0.991. The molecule has 2 N–H and O–H groups in total. The van der Waals surface area contributed by atoms with Crippen molar-refractivity contribution >= 4 is 46.0 Å². The van der Waals surface area contributed by atoms with Crippen molar-refractivity contribution in [2.45, 2.75) is 91.5 Å². The van der Waals surface area contributed by atoms with Crippen LogP contribution in [0.5, 0.6) is 5.75 Å². The van der Waals surface area contributed by atoms with Gasteiger partial charge in [0.15, 0.2) is 0 Å². The number of ether oxygens (including phenoxy) is 2. The Balaban J connectivity index is 0.719. The molecular weight excluding hydrogens is 918 g/mol. The minimum atomic E-state index is -0.406. The molecule has 7 heterocycles. The van der Waals surface area contributed by atoms with Crippen LogP contribution in [0.15, 0.2) is 79.4 Å². The largest absolute Gasteiger partial charge is 0.489 e. The van der Waals surface area contributed by atoms with Crippen molar-refractivity contribution in [3.63, 3.8) is 0 Å². The van der Waals surface area contributed by atoms with Gasteiger partial charge in [-0.2, -0.15) is 10.4 Å². The van der Waals surface area contributed by atoms with E-state index in [1.54, 1.807) is 49.8 Å². The number of benzene rings is 2. The standard InChI is InChI=1S/C54H58ClN11O5/c1-32(67)65-20-15-46-42(31-65)47(63-66(46)38-16-21-70-22-17-38)40-8-6-7-34-23-45(58-30-41(34)40)36-10-12-44(57-27-36)49(69)59-26-33-13-18-64(19-14-33)52-60-28-37(29-61-52)48(68)62-50-53(2,3)51(54(50,4)5)71-39-11-9-35(25-56)43(55)24-39/h6-12,23-24,27-30,33,38,50-51H,13-22,26,31H2,1-5H3,(H,59,69)(H,62,68). The molecule has 6 aromatic rings. The van der Waals surface area contributed by atoms with Gasteiger partial charge in [0.05, 0.1) is 33.6 Å². The van der Waals surface area contributed by atoms with Crippen LogP contribution in [0, 0.1) is 28.1 Å². The van der Waals surface area contributed by atoms with Gasteiger partial charge < -0.3 is 29.9 Å². The summed E-state index contributed by atoms with van der Waals surface area (Å²) in [6.07, 6.45) is 10.8. The summed E-state index contributed by atoms with van der Waals surface area (Å²) in [5.41, 5.74) is 6.03. The molecule has 1 aliphatic carbocycles. The zero-order chi connectivity index (χ0) is 49.6. The van der Waals surface area contributed by atoms with Gasteiger partial charge >= 0.3 is 0 Å². The fourth-order valence-electron chi connectivity index (χ4n) is 11.5. The van der Waals surface area contributed by atoms with E-state index in [1.165, 1.54) is 5.69 Å². The minimum absolute atomic E-state index is 0.0648. The number of aromatic nitrogens is 6. The summed E-state index contributed by atoms with van der Waals surface area (Å²) >= 11 is 6.26. The molecule has 1 saturated carbocycles. The maximum atomic E-state index is 13.5. The Morgan fingerprint density at radius 1 is 0.887 bits per heavy atom. The zero-order valence-electron chi connectivity index (χ0n) is 40.7. The average molecular weight is 977 g/mol. The zero-order valence-corrected chi connectivity index (χ0v) is 41.5. The second-order valence-corrected chi connectivity index (χ2v) is 20.9. The van der Waals surface area contributed by atoms with E-state index in [-0.39, 0.29) is 41.8 Å². The molecule has 0 spiro atoms. The number of anilines is 1. The summed E-state index contributed by atoms with van der Waals surface area (Å²) in [4.78, 5) is 61.8. The number of hydrogen-bond donors (Lipinski definition) is 2. The molecule has 3 amide bonds. The second kappa shape index (κ2) is 19.3. The monoisotopic (exact) mass is 975 g/mol. The van der Waals surface area contributed by atoms with Crippen molar-refractivity contribution in [3.8, 4) is 34.3 Å². The number of fused-ring (bicyclic) bond motifs is 2. The first kappa shape index (κ1) is 47.7. The normalized spacial score (nSPS) is 19.8. The first-order valence-corrected chi connectivity index (χ1v) is 24.9. The first-order valence-electron chi connectivity index (χ1n) is 24.5. The summed E-state index contributed by atoms with van der Waals surface area (Å²) < 4.78 is 14.3. The number of amides is 3. The van der Waals surface area contributed by atoms with Gasteiger partial charge in [-0.15, -0.1) is 0 Å². The maximum Gasteiger partial charge on any atom is 0.269 e. The topological polar surface area (TPSA) is 193 Å². The van der Waals surface area contributed by atoms with Crippen molar-refractivity contribution in [2.75, 3.05) is 44.3 Å². The highest BCUT2D eigenvalue weighted by atomic mass is 35.5. The van der Waals surface area contributed by atoms with E-state index >= 15 is 0 Å². The van der Waals surface area contributed by atoms with E-state index in [1.807, 2.05) is 29.3 Å². The number of nitriles is 1. The van der Waals surface area contributed by atoms with Gasteiger partial charge in [0.25, 0.3) is 11.8 Å². The molecule has 366 valence electrons. The minimum Gasteiger partial charge on any atom is -0.489 e. The van der Waals surface area contributed by atoms with E-state index in [9.17, 15) is 19.6 Å². The number of halogens is 1. The Morgan fingerprint density at radius 3 is 2.34 bits per heavy atom. The van der Waals surface area contributed by atoms with Gasteiger partial charge in [0, 0.05) is 135 Å². The molecule has 0 radical (unpaired) electrons. The van der Waals surface area contributed by atoms with Gasteiger partial charge in [-0.05, 0) is 67.3 Å². The lowest BCUT2D eigenvalue weighted by molar-refractivity contribution is -0.164. The van der Waals surface area contributed by atoms with Gasteiger partial charge in [0.2, 0.25) is 11.9 Å². The van der Waals surface area contributed by atoms with Gasteiger partial charge in [0.1, 0.15) is 23.6 Å². The number of hydrogen-bond acceptors (Lipinski definition) is 12. The smallest absolute Gasteiger partial charge is 0.269 e.